The predicted molar refractivity (Wildman–Crippen MR) is 122 cm³/mol. The maximum atomic E-state index is 14.7. The summed E-state index contributed by atoms with van der Waals surface area (Å²) >= 11 is 0. The first-order chi connectivity index (χ1) is 15.5. The van der Waals surface area contributed by atoms with Crippen LogP contribution in [0.4, 0.5) is 10.2 Å². The second-order valence-electron chi connectivity index (χ2n) is 8.66. The number of amides is 1. The van der Waals surface area contributed by atoms with Crippen LogP contribution in [0.2, 0.25) is 0 Å². The van der Waals surface area contributed by atoms with Gasteiger partial charge in [-0.2, -0.15) is 0 Å². The SMILES string of the molecule is CCNC(=O)C(C)c1ccc(O[C@@H]2CCN(c3ncc(OC4CCCC4)cc3F)C2)cc1. The summed E-state index contributed by atoms with van der Waals surface area (Å²) in [6, 6.07) is 9.07. The summed E-state index contributed by atoms with van der Waals surface area (Å²) in [7, 11) is 0. The van der Waals surface area contributed by atoms with Crippen molar-refractivity contribution in [2.24, 2.45) is 0 Å². The molecule has 1 aliphatic heterocycles. The number of benzene rings is 1. The Morgan fingerprint density at radius 1 is 1.16 bits per heavy atom. The number of aromatic nitrogens is 1. The standard InChI is InChI=1S/C25H32FN3O3/c1-3-27-25(30)17(2)18-8-10-20(11-9-18)31-21-12-13-29(16-21)24-23(26)14-22(15-28-24)32-19-6-4-5-7-19/h8-11,14-15,17,19,21H,3-7,12-13,16H2,1-2H3,(H,27,30)/t17?,21-/m1/s1. The minimum atomic E-state index is -0.357. The van der Waals surface area contributed by atoms with Crippen LogP contribution in [-0.4, -0.2) is 42.7 Å². The van der Waals surface area contributed by atoms with Crippen LogP contribution in [-0.2, 0) is 4.79 Å². The molecule has 2 atom stereocenters. The van der Waals surface area contributed by atoms with E-state index >= 15 is 0 Å². The quantitative estimate of drug-likeness (QED) is 0.656. The Morgan fingerprint density at radius 3 is 2.56 bits per heavy atom. The van der Waals surface area contributed by atoms with E-state index in [1.165, 1.54) is 18.9 Å². The summed E-state index contributed by atoms with van der Waals surface area (Å²) in [5.74, 6) is 1.05. The molecular formula is C25H32FN3O3. The van der Waals surface area contributed by atoms with Crippen molar-refractivity contribution in [3.63, 3.8) is 0 Å². The van der Waals surface area contributed by atoms with E-state index in [1.54, 1.807) is 6.20 Å². The lowest BCUT2D eigenvalue weighted by atomic mass is 10.0. The first kappa shape index (κ1) is 22.4. The minimum absolute atomic E-state index is 0.0155. The van der Waals surface area contributed by atoms with Crippen LogP contribution < -0.4 is 19.7 Å². The zero-order valence-electron chi connectivity index (χ0n) is 18.9. The van der Waals surface area contributed by atoms with Crippen molar-refractivity contribution in [2.75, 3.05) is 24.5 Å². The maximum absolute atomic E-state index is 14.7. The van der Waals surface area contributed by atoms with E-state index in [-0.39, 0.29) is 29.9 Å². The van der Waals surface area contributed by atoms with E-state index in [0.717, 1.165) is 30.6 Å². The van der Waals surface area contributed by atoms with Gasteiger partial charge in [0.25, 0.3) is 0 Å². The topological polar surface area (TPSA) is 63.7 Å². The monoisotopic (exact) mass is 441 g/mol. The van der Waals surface area contributed by atoms with Crippen LogP contribution >= 0.6 is 0 Å². The molecule has 1 aromatic heterocycles. The molecule has 2 heterocycles. The Bertz CT molecular complexity index is 915. The molecule has 1 amide bonds. The first-order valence-electron chi connectivity index (χ1n) is 11.6. The molecule has 32 heavy (non-hydrogen) atoms. The van der Waals surface area contributed by atoms with Crippen molar-refractivity contribution in [3.8, 4) is 11.5 Å². The third-order valence-electron chi connectivity index (χ3n) is 6.27. The molecule has 2 aromatic rings. The molecule has 172 valence electrons. The van der Waals surface area contributed by atoms with Gasteiger partial charge in [0.2, 0.25) is 5.91 Å². The van der Waals surface area contributed by atoms with Crippen LogP contribution in [0, 0.1) is 5.82 Å². The number of halogens is 1. The van der Waals surface area contributed by atoms with Crippen LogP contribution in [0.1, 0.15) is 57.4 Å². The molecule has 6 nitrogen and oxygen atoms in total. The van der Waals surface area contributed by atoms with Gasteiger partial charge in [-0.25, -0.2) is 9.37 Å². The van der Waals surface area contributed by atoms with Crippen molar-refractivity contribution in [2.45, 2.75) is 64.1 Å². The fourth-order valence-corrected chi connectivity index (χ4v) is 4.43. The largest absolute Gasteiger partial charge is 0.489 e. The van der Waals surface area contributed by atoms with Gasteiger partial charge in [-0.05, 0) is 57.2 Å². The lowest BCUT2D eigenvalue weighted by Crippen LogP contribution is -2.27. The Balaban J connectivity index is 1.32. The number of carbonyl (C=O) groups is 1. The van der Waals surface area contributed by atoms with Crippen LogP contribution in [0.25, 0.3) is 0 Å². The summed E-state index contributed by atoms with van der Waals surface area (Å²) in [6.07, 6.45) is 6.95. The van der Waals surface area contributed by atoms with Gasteiger partial charge >= 0.3 is 0 Å². The van der Waals surface area contributed by atoms with Gasteiger partial charge in [-0.1, -0.05) is 12.1 Å². The Morgan fingerprint density at radius 2 is 1.88 bits per heavy atom. The molecule has 4 rings (SSSR count). The van der Waals surface area contributed by atoms with E-state index in [2.05, 4.69) is 10.3 Å². The highest BCUT2D eigenvalue weighted by atomic mass is 19.1. The van der Waals surface area contributed by atoms with Gasteiger partial charge in [0.15, 0.2) is 11.6 Å². The van der Waals surface area contributed by atoms with Gasteiger partial charge in [0.1, 0.15) is 17.6 Å². The Labute approximate surface area is 189 Å². The van der Waals surface area contributed by atoms with Gasteiger partial charge in [0.05, 0.1) is 24.8 Å². The summed E-state index contributed by atoms with van der Waals surface area (Å²) in [5.41, 5.74) is 0.947. The number of rotatable bonds is 8. The number of carbonyl (C=O) groups excluding carboxylic acids is 1. The average Bonchev–Trinajstić information content (AvgIpc) is 3.46. The van der Waals surface area contributed by atoms with Crippen LogP contribution in [0.5, 0.6) is 11.5 Å². The van der Waals surface area contributed by atoms with E-state index in [9.17, 15) is 9.18 Å². The molecule has 1 unspecified atom stereocenters. The second kappa shape index (κ2) is 10.2. The normalized spacial score (nSPS) is 19.7. The highest BCUT2D eigenvalue weighted by Gasteiger charge is 2.27. The van der Waals surface area contributed by atoms with Crippen molar-refractivity contribution in [1.82, 2.24) is 10.3 Å². The van der Waals surface area contributed by atoms with Crippen LogP contribution in [0.15, 0.2) is 36.5 Å². The number of hydrogen-bond acceptors (Lipinski definition) is 5. The maximum Gasteiger partial charge on any atom is 0.227 e. The van der Waals surface area contributed by atoms with E-state index in [1.807, 2.05) is 43.0 Å². The van der Waals surface area contributed by atoms with E-state index in [0.29, 0.717) is 31.2 Å². The zero-order chi connectivity index (χ0) is 22.5. The van der Waals surface area contributed by atoms with E-state index < -0.39 is 0 Å². The molecule has 7 heteroatoms. The molecule has 2 aliphatic rings. The van der Waals surface area contributed by atoms with Crippen molar-refractivity contribution >= 4 is 11.7 Å². The van der Waals surface area contributed by atoms with Crippen molar-refractivity contribution < 1.29 is 18.7 Å². The lowest BCUT2D eigenvalue weighted by Gasteiger charge is -2.20. The molecule has 0 spiro atoms. The molecule has 0 radical (unpaired) electrons. The van der Waals surface area contributed by atoms with Gasteiger partial charge in [-0.15, -0.1) is 0 Å². The van der Waals surface area contributed by atoms with E-state index in [4.69, 9.17) is 9.47 Å². The summed E-state index contributed by atoms with van der Waals surface area (Å²) in [6.45, 7) is 5.68. The third-order valence-corrected chi connectivity index (χ3v) is 6.27. The van der Waals surface area contributed by atoms with Crippen molar-refractivity contribution in [1.29, 1.82) is 0 Å². The smallest absolute Gasteiger partial charge is 0.227 e. The molecular weight excluding hydrogens is 409 g/mol. The molecule has 1 aromatic carbocycles. The summed E-state index contributed by atoms with van der Waals surface area (Å²) in [4.78, 5) is 18.3. The number of nitrogens with zero attached hydrogens (tertiary/aromatic N) is 2. The predicted octanol–water partition coefficient (Wildman–Crippen LogP) is 4.44. The minimum Gasteiger partial charge on any atom is -0.489 e. The Kier molecular flexibility index (Phi) is 7.12. The van der Waals surface area contributed by atoms with Crippen LogP contribution in [0.3, 0.4) is 0 Å². The number of likely N-dealkylation sites (N-methyl/N-ethyl adjacent to an activating group) is 1. The molecule has 2 fully saturated rings. The number of pyridine rings is 1. The number of anilines is 1. The second-order valence-corrected chi connectivity index (χ2v) is 8.66. The zero-order valence-corrected chi connectivity index (χ0v) is 18.9. The highest BCUT2D eigenvalue weighted by molar-refractivity contribution is 5.83. The molecule has 1 saturated carbocycles. The number of ether oxygens (including phenoxy) is 2. The van der Waals surface area contributed by atoms with Gasteiger partial charge in [-0.3, -0.25) is 4.79 Å². The lowest BCUT2D eigenvalue weighted by molar-refractivity contribution is -0.122. The molecule has 0 bridgehead atoms. The third kappa shape index (κ3) is 5.31. The Hall–Kier alpha value is -2.83. The summed E-state index contributed by atoms with van der Waals surface area (Å²) in [5, 5.41) is 2.84. The summed E-state index contributed by atoms with van der Waals surface area (Å²) < 4.78 is 26.7. The number of nitrogens with one attached hydrogen (secondary N) is 1. The van der Waals surface area contributed by atoms with Gasteiger partial charge in [0, 0.05) is 25.6 Å². The fourth-order valence-electron chi connectivity index (χ4n) is 4.43. The molecule has 1 saturated heterocycles. The molecule has 1 aliphatic carbocycles. The average molecular weight is 442 g/mol. The number of hydrogen-bond donors (Lipinski definition) is 1. The highest BCUT2D eigenvalue weighted by Crippen LogP contribution is 2.29. The van der Waals surface area contributed by atoms with Gasteiger partial charge < -0.3 is 19.7 Å². The van der Waals surface area contributed by atoms with Crippen molar-refractivity contribution in [3.05, 3.63) is 47.9 Å². The molecule has 1 N–H and O–H groups in total. The fraction of sp³-hybridized carbons (Fsp3) is 0.520. The first-order valence-corrected chi connectivity index (χ1v) is 11.6.